The summed E-state index contributed by atoms with van der Waals surface area (Å²) in [5.74, 6) is 1.31. The van der Waals surface area contributed by atoms with Crippen molar-refractivity contribution < 1.29 is 0 Å². The highest BCUT2D eigenvalue weighted by atomic mass is 32.2. The summed E-state index contributed by atoms with van der Waals surface area (Å²) in [5, 5.41) is 7.02. The van der Waals surface area contributed by atoms with E-state index in [1.54, 1.807) is 0 Å². The monoisotopic (exact) mass is 271 g/mol. The van der Waals surface area contributed by atoms with Crippen LogP contribution in [-0.2, 0) is 0 Å². The zero-order valence-electron chi connectivity index (χ0n) is 11.4. The van der Waals surface area contributed by atoms with Gasteiger partial charge in [-0.3, -0.25) is 0 Å². The first-order chi connectivity index (χ1) is 9.40. The summed E-state index contributed by atoms with van der Waals surface area (Å²) in [5.41, 5.74) is 1.46. The topological polar surface area (TPSA) is 12.0 Å². The minimum atomic E-state index is 0.469. The van der Waals surface area contributed by atoms with Gasteiger partial charge in [0.25, 0.3) is 0 Å². The molecule has 3 rings (SSSR count). The molecule has 0 spiro atoms. The summed E-state index contributed by atoms with van der Waals surface area (Å²) in [6.07, 6.45) is 4.09. The molecule has 0 aromatic heterocycles. The van der Waals surface area contributed by atoms with Gasteiger partial charge in [-0.2, -0.15) is 11.8 Å². The normalized spacial score (nSPS) is 21.4. The van der Waals surface area contributed by atoms with Gasteiger partial charge in [0, 0.05) is 11.3 Å². The Morgan fingerprint density at radius 2 is 1.95 bits per heavy atom. The van der Waals surface area contributed by atoms with Gasteiger partial charge in [-0.15, -0.1) is 0 Å². The van der Waals surface area contributed by atoms with Crippen LogP contribution in [0.3, 0.4) is 0 Å². The zero-order valence-corrected chi connectivity index (χ0v) is 12.2. The molecule has 2 aromatic rings. The Morgan fingerprint density at radius 1 is 1.11 bits per heavy atom. The van der Waals surface area contributed by atoms with Gasteiger partial charge in [0.15, 0.2) is 0 Å². The van der Waals surface area contributed by atoms with Crippen molar-refractivity contribution in [3.8, 4) is 0 Å². The lowest BCUT2D eigenvalue weighted by Crippen LogP contribution is -2.29. The molecule has 2 aromatic carbocycles. The van der Waals surface area contributed by atoms with Crippen molar-refractivity contribution in [1.29, 1.82) is 0 Å². The molecular weight excluding hydrogens is 250 g/mol. The van der Waals surface area contributed by atoms with Crippen LogP contribution in [0.5, 0.6) is 0 Å². The Hall–Kier alpha value is -0.990. The van der Waals surface area contributed by atoms with Crippen LogP contribution in [-0.4, -0.2) is 18.1 Å². The highest BCUT2D eigenvalue weighted by Gasteiger charge is 2.25. The predicted molar refractivity (Wildman–Crippen MR) is 85.8 cm³/mol. The van der Waals surface area contributed by atoms with Crippen LogP contribution < -0.4 is 5.32 Å². The zero-order chi connectivity index (χ0) is 13.1. The van der Waals surface area contributed by atoms with Crippen molar-refractivity contribution in [3.05, 3.63) is 48.0 Å². The summed E-state index contributed by atoms with van der Waals surface area (Å²) in [6, 6.07) is 15.9. The molecule has 0 amide bonds. The lowest BCUT2D eigenvalue weighted by atomic mass is 9.94. The van der Waals surface area contributed by atoms with E-state index < -0.39 is 0 Å². The lowest BCUT2D eigenvalue weighted by molar-refractivity contribution is 0.519. The number of rotatable bonds is 3. The summed E-state index contributed by atoms with van der Waals surface area (Å²) in [7, 11) is 2.10. The maximum atomic E-state index is 3.56. The van der Waals surface area contributed by atoms with E-state index >= 15 is 0 Å². The molecule has 1 saturated heterocycles. The van der Waals surface area contributed by atoms with Gasteiger partial charge in [-0.05, 0) is 42.0 Å². The molecule has 0 bridgehead atoms. The first-order valence-electron chi connectivity index (χ1n) is 7.16. The quantitative estimate of drug-likeness (QED) is 0.888. The van der Waals surface area contributed by atoms with Gasteiger partial charge in [-0.25, -0.2) is 0 Å². The maximum absolute atomic E-state index is 3.56. The Morgan fingerprint density at radius 3 is 2.74 bits per heavy atom. The molecule has 1 nitrogen and oxygen atoms in total. The Kier molecular flexibility index (Phi) is 4.09. The van der Waals surface area contributed by atoms with Gasteiger partial charge in [0.2, 0.25) is 0 Å². The fraction of sp³-hybridized carbons (Fsp3) is 0.412. The smallest absolute Gasteiger partial charge is 0.0444 e. The average Bonchev–Trinajstić information content (AvgIpc) is 2.49. The Bertz CT molecular complexity index is 540. The van der Waals surface area contributed by atoms with E-state index in [2.05, 4.69) is 66.6 Å². The first kappa shape index (κ1) is 13.0. The summed E-state index contributed by atoms with van der Waals surface area (Å²) >= 11 is 2.14. The standard InChI is InChI=1S/C17H21NS/c1-18-17(16-11-4-5-12-19-16)15-10-6-8-13-7-2-3-9-14(13)15/h2-3,6-10,16-18H,4-5,11-12H2,1H3. The summed E-state index contributed by atoms with van der Waals surface area (Å²) in [4.78, 5) is 0. The number of hydrogen-bond acceptors (Lipinski definition) is 2. The van der Waals surface area contributed by atoms with E-state index in [4.69, 9.17) is 0 Å². The SMILES string of the molecule is CNC(c1cccc2ccccc12)C1CCCCS1. The van der Waals surface area contributed by atoms with E-state index in [9.17, 15) is 0 Å². The van der Waals surface area contributed by atoms with Crippen LogP contribution >= 0.6 is 11.8 Å². The molecule has 1 aliphatic heterocycles. The molecule has 1 N–H and O–H groups in total. The van der Waals surface area contributed by atoms with Gasteiger partial charge in [-0.1, -0.05) is 48.9 Å². The van der Waals surface area contributed by atoms with Gasteiger partial charge < -0.3 is 5.32 Å². The third-order valence-electron chi connectivity index (χ3n) is 4.06. The van der Waals surface area contributed by atoms with E-state index in [0.29, 0.717) is 11.3 Å². The average molecular weight is 271 g/mol. The third-order valence-corrected chi connectivity index (χ3v) is 5.52. The number of nitrogens with one attached hydrogen (secondary N) is 1. The number of thioether (sulfide) groups is 1. The third kappa shape index (κ3) is 2.65. The van der Waals surface area contributed by atoms with E-state index in [1.165, 1.54) is 41.4 Å². The molecule has 19 heavy (non-hydrogen) atoms. The molecule has 0 aliphatic carbocycles. The van der Waals surface area contributed by atoms with Gasteiger partial charge in [0.1, 0.15) is 0 Å². The van der Waals surface area contributed by atoms with Crippen LogP contribution in [0.4, 0.5) is 0 Å². The van der Waals surface area contributed by atoms with Gasteiger partial charge >= 0.3 is 0 Å². The molecule has 0 radical (unpaired) electrons. The van der Waals surface area contributed by atoms with Crippen molar-refractivity contribution in [2.75, 3.05) is 12.8 Å². The van der Waals surface area contributed by atoms with E-state index in [0.717, 1.165) is 0 Å². The van der Waals surface area contributed by atoms with E-state index in [-0.39, 0.29) is 0 Å². The van der Waals surface area contributed by atoms with Crippen LogP contribution in [0.25, 0.3) is 10.8 Å². The second-order valence-corrected chi connectivity index (χ2v) is 6.59. The van der Waals surface area contributed by atoms with Crippen molar-refractivity contribution >= 4 is 22.5 Å². The first-order valence-corrected chi connectivity index (χ1v) is 8.21. The molecule has 2 unspecified atom stereocenters. The number of hydrogen-bond donors (Lipinski definition) is 1. The molecule has 0 saturated carbocycles. The minimum Gasteiger partial charge on any atom is -0.312 e. The highest BCUT2D eigenvalue weighted by Crippen LogP contribution is 2.36. The molecule has 100 valence electrons. The van der Waals surface area contributed by atoms with Crippen molar-refractivity contribution in [2.45, 2.75) is 30.6 Å². The van der Waals surface area contributed by atoms with Crippen molar-refractivity contribution in [1.82, 2.24) is 5.32 Å². The summed E-state index contributed by atoms with van der Waals surface area (Å²) < 4.78 is 0. The fourth-order valence-corrected chi connectivity index (χ4v) is 4.57. The summed E-state index contributed by atoms with van der Waals surface area (Å²) in [6.45, 7) is 0. The minimum absolute atomic E-state index is 0.469. The molecule has 1 heterocycles. The fourth-order valence-electron chi connectivity index (χ4n) is 3.09. The van der Waals surface area contributed by atoms with Crippen LogP contribution in [0.15, 0.2) is 42.5 Å². The molecule has 1 fully saturated rings. The Balaban J connectivity index is 2.00. The lowest BCUT2D eigenvalue weighted by Gasteiger charge is -2.30. The van der Waals surface area contributed by atoms with Crippen molar-refractivity contribution in [2.24, 2.45) is 0 Å². The second-order valence-electron chi connectivity index (χ2n) is 5.24. The van der Waals surface area contributed by atoms with Crippen LogP contribution in [0.1, 0.15) is 30.9 Å². The predicted octanol–water partition coefficient (Wildman–Crippen LogP) is 4.39. The molecule has 1 aliphatic rings. The Labute approximate surface area is 119 Å². The van der Waals surface area contributed by atoms with Crippen LogP contribution in [0, 0.1) is 0 Å². The van der Waals surface area contributed by atoms with E-state index in [1.807, 2.05) is 0 Å². The van der Waals surface area contributed by atoms with Gasteiger partial charge in [0.05, 0.1) is 0 Å². The number of fused-ring (bicyclic) bond motifs is 1. The van der Waals surface area contributed by atoms with Crippen molar-refractivity contribution in [3.63, 3.8) is 0 Å². The molecule has 2 heteroatoms. The second kappa shape index (κ2) is 5.98. The van der Waals surface area contributed by atoms with Crippen LogP contribution in [0.2, 0.25) is 0 Å². The number of benzene rings is 2. The maximum Gasteiger partial charge on any atom is 0.0444 e. The molecular formula is C17H21NS. The largest absolute Gasteiger partial charge is 0.312 e. The highest BCUT2D eigenvalue weighted by molar-refractivity contribution is 8.00. The molecule has 2 atom stereocenters.